The maximum atomic E-state index is 5.30. The van der Waals surface area contributed by atoms with Crippen LogP contribution in [0.3, 0.4) is 0 Å². The summed E-state index contributed by atoms with van der Waals surface area (Å²) in [6.07, 6.45) is 0. The zero-order chi connectivity index (χ0) is 13.7. The fourth-order valence-electron chi connectivity index (χ4n) is 2.06. The first-order valence-electron chi connectivity index (χ1n) is 6.66. The van der Waals surface area contributed by atoms with E-state index in [9.17, 15) is 0 Å². The Morgan fingerprint density at radius 3 is 2.58 bits per heavy atom. The van der Waals surface area contributed by atoms with E-state index >= 15 is 0 Å². The molecule has 0 saturated carbocycles. The molecule has 19 heavy (non-hydrogen) atoms. The van der Waals surface area contributed by atoms with Crippen molar-refractivity contribution in [2.24, 2.45) is 0 Å². The molecule has 0 aliphatic carbocycles. The van der Waals surface area contributed by atoms with Crippen molar-refractivity contribution in [2.45, 2.75) is 26.4 Å². The third kappa shape index (κ3) is 3.58. The van der Waals surface area contributed by atoms with Gasteiger partial charge in [0.25, 0.3) is 0 Å². The Balaban J connectivity index is 2.32. The molecule has 100 valence electrons. The van der Waals surface area contributed by atoms with Crippen LogP contribution in [0.15, 0.2) is 48.5 Å². The lowest BCUT2D eigenvalue weighted by molar-refractivity contribution is 0.415. The van der Waals surface area contributed by atoms with Gasteiger partial charge in [-0.2, -0.15) is 0 Å². The van der Waals surface area contributed by atoms with Gasteiger partial charge in [-0.3, -0.25) is 0 Å². The lowest BCUT2D eigenvalue weighted by atomic mass is 9.99. The topological polar surface area (TPSA) is 21.3 Å². The number of ether oxygens (including phenoxy) is 1. The molecule has 2 nitrogen and oxygen atoms in total. The number of hydrogen-bond acceptors (Lipinski definition) is 2. The van der Waals surface area contributed by atoms with Crippen molar-refractivity contribution in [3.63, 3.8) is 0 Å². The number of hydrogen-bond donors (Lipinski definition) is 1. The largest absolute Gasteiger partial charge is 0.497 e. The Hall–Kier alpha value is -1.80. The Morgan fingerprint density at radius 2 is 1.84 bits per heavy atom. The van der Waals surface area contributed by atoms with Crippen LogP contribution in [0.1, 0.15) is 19.4 Å². The van der Waals surface area contributed by atoms with E-state index in [1.54, 1.807) is 7.11 Å². The highest BCUT2D eigenvalue weighted by Crippen LogP contribution is 2.26. The number of nitrogens with one attached hydrogen (secondary N) is 1. The summed E-state index contributed by atoms with van der Waals surface area (Å²) in [4.78, 5) is 0. The molecule has 0 spiro atoms. The molecule has 1 N–H and O–H groups in total. The van der Waals surface area contributed by atoms with Gasteiger partial charge in [0, 0.05) is 12.6 Å². The highest BCUT2D eigenvalue weighted by molar-refractivity contribution is 5.68. The van der Waals surface area contributed by atoms with Crippen molar-refractivity contribution in [3.05, 3.63) is 54.1 Å². The lowest BCUT2D eigenvalue weighted by Gasteiger charge is -2.13. The van der Waals surface area contributed by atoms with Crippen molar-refractivity contribution in [3.8, 4) is 16.9 Å². The first-order chi connectivity index (χ1) is 9.20. The second kappa shape index (κ2) is 6.39. The van der Waals surface area contributed by atoms with Crippen molar-refractivity contribution in [1.82, 2.24) is 5.32 Å². The highest BCUT2D eigenvalue weighted by Gasteiger charge is 2.05. The predicted octanol–water partition coefficient (Wildman–Crippen LogP) is 3.86. The van der Waals surface area contributed by atoms with Crippen LogP contribution in [0.25, 0.3) is 11.1 Å². The minimum Gasteiger partial charge on any atom is -0.497 e. The first kappa shape index (κ1) is 13.6. The van der Waals surface area contributed by atoms with Crippen LogP contribution in [-0.2, 0) is 6.54 Å². The monoisotopic (exact) mass is 255 g/mol. The number of rotatable bonds is 5. The van der Waals surface area contributed by atoms with Crippen molar-refractivity contribution in [1.29, 1.82) is 0 Å². The molecular formula is C17H21NO. The van der Waals surface area contributed by atoms with Gasteiger partial charge in [-0.05, 0) is 28.8 Å². The van der Waals surface area contributed by atoms with Gasteiger partial charge in [0.1, 0.15) is 5.75 Å². The fourth-order valence-corrected chi connectivity index (χ4v) is 2.06. The smallest absolute Gasteiger partial charge is 0.119 e. The summed E-state index contributed by atoms with van der Waals surface area (Å²) in [6.45, 7) is 5.20. The maximum absolute atomic E-state index is 5.30. The average Bonchev–Trinajstić information content (AvgIpc) is 2.45. The van der Waals surface area contributed by atoms with E-state index in [1.807, 2.05) is 12.1 Å². The fraction of sp³-hybridized carbons (Fsp3) is 0.294. The van der Waals surface area contributed by atoms with Crippen LogP contribution in [-0.4, -0.2) is 13.2 Å². The maximum Gasteiger partial charge on any atom is 0.119 e. The van der Waals surface area contributed by atoms with Gasteiger partial charge in [0.05, 0.1) is 7.11 Å². The molecule has 2 heteroatoms. The third-order valence-corrected chi connectivity index (χ3v) is 3.10. The second-order valence-electron chi connectivity index (χ2n) is 4.92. The van der Waals surface area contributed by atoms with E-state index in [0.29, 0.717) is 6.04 Å². The van der Waals surface area contributed by atoms with E-state index in [-0.39, 0.29) is 0 Å². The van der Waals surface area contributed by atoms with E-state index in [1.165, 1.54) is 16.7 Å². The highest BCUT2D eigenvalue weighted by atomic mass is 16.5. The minimum absolute atomic E-state index is 0.485. The Kier molecular flexibility index (Phi) is 4.58. The van der Waals surface area contributed by atoms with E-state index in [4.69, 9.17) is 4.74 Å². The lowest BCUT2D eigenvalue weighted by Crippen LogP contribution is -2.22. The number of methoxy groups -OCH3 is 1. The summed E-state index contributed by atoms with van der Waals surface area (Å²) < 4.78 is 5.30. The molecule has 0 atom stereocenters. The molecule has 0 aromatic heterocycles. The summed E-state index contributed by atoms with van der Waals surface area (Å²) in [5.74, 6) is 0.893. The van der Waals surface area contributed by atoms with Gasteiger partial charge in [-0.25, -0.2) is 0 Å². The van der Waals surface area contributed by atoms with Crippen LogP contribution < -0.4 is 10.1 Å². The van der Waals surface area contributed by atoms with Gasteiger partial charge in [0.15, 0.2) is 0 Å². The van der Waals surface area contributed by atoms with Gasteiger partial charge < -0.3 is 10.1 Å². The van der Waals surface area contributed by atoms with Gasteiger partial charge in [0.2, 0.25) is 0 Å². The Morgan fingerprint density at radius 1 is 1.05 bits per heavy atom. The number of benzene rings is 2. The van der Waals surface area contributed by atoms with E-state index in [2.05, 4.69) is 55.6 Å². The standard InChI is InChI=1S/C17H21NO/c1-13(2)18-12-15-7-4-5-10-17(15)14-8-6-9-16(11-14)19-3/h4-11,13,18H,12H2,1-3H3. The first-order valence-corrected chi connectivity index (χ1v) is 6.66. The molecular weight excluding hydrogens is 234 g/mol. The van der Waals surface area contributed by atoms with E-state index < -0.39 is 0 Å². The zero-order valence-electron chi connectivity index (χ0n) is 11.8. The van der Waals surface area contributed by atoms with Crippen molar-refractivity contribution < 1.29 is 4.74 Å². The van der Waals surface area contributed by atoms with Crippen LogP contribution >= 0.6 is 0 Å². The zero-order valence-corrected chi connectivity index (χ0v) is 11.8. The Bertz CT molecular complexity index is 534. The molecule has 0 saturated heterocycles. The van der Waals surface area contributed by atoms with Gasteiger partial charge >= 0.3 is 0 Å². The van der Waals surface area contributed by atoms with Gasteiger partial charge in [-0.15, -0.1) is 0 Å². The minimum atomic E-state index is 0.485. The molecule has 0 heterocycles. The normalized spacial score (nSPS) is 10.7. The SMILES string of the molecule is COc1cccc(-c2ccccc2CNC(C)C)c1. The molecule has 0 unspecified atom stereocenters. The summed E-state index contributed by atoms with van der Waals surface area (Å²) in [5, 5.41) is 3.47. The van der Waals surface area contributed by atoms with E-state index in [0.717, 1.165) is 12.3 Å². The van der Waals surface area contributed by atoms with Crippen LogP contribution in [0, 0.1) is 0 Å². The molecule has 2 rings (SSSR count). The van der Waals surface area contributed by atoms with Crippen LogP contribution in [0.5, 0.6) is 5.75 Å². The molecule has 0 bridgehead atoms. The second-order valence-corrected chi connectivity index (χ2v) is 4.92. The summed E-state index contributed by atoms with van der Waals surface area (Å²) in [7, 11) is 1.70. The molecule has 0 amide bonds. The quantitative estimate of drug-likeness (QED) is 0.876. The molecule has 2 aromatic rings. The molecule has 0 radical (unpaired) electrons. The molecule has 0 aliphatic heterocycles. The summed E-state index contributed by atoms with van der Waals surface area (Å²) in [6, 6.07) is 17.2. The molecule has 0 aliphatic rings. The summed E-state index contributed by atoms with van der Waals surface area (Å²) in [5.41, 5.74) is 3.76. The third-order valence-electron chi connectivity index (χ3n) is 3.10. The van der Waals surface area contributed by atoms with Gasteiger partial charge in [-0.1, -0.05) is 50.2 Å². The van der Waals surface area contributed by atoms with Crippen molar-refractivity contribution in [2.75, 3.05) is 7.11 Å². The average molecular weight is 255 g/mol. The molecule has 0 fully saturated rings. The van der Waals surface area contributed by atoms with Crippen LogP contribution in [0.2, 0.25) is 0 Å². The predicted molar refractivity (Wildman–Crippen MR) is 80.4 cm³/mol. The van der Waals surface area contributed by atoms with Crippen molar-refractivity contribution >= 4 is 0 Å². The Labute approximate surface area is 115 Å². The summed E-state index contributed by atoms with van der Waals surface area (Å²) >= 11 is 0. The molecule has 2 aromatic carbocycles. The van der Waals surface area contributed by atoms with Crippen LogP contribution in [0.4, 0.5) is 0 Å².